The minimum absolute atomic E-state index is 0.115. The van der Waals surface area contributed by atoms with Crippen LogP contribution < -0.4 is 16.4 Å². The van der Waals surface area contributed by atoms with Crippen LogP contribution in [-0.4, -0.2) is 71.2 Å². The van der Waals surface area contributed by atoms with Gasteiger partial charge in [-0.2, -0.15) is 0 Å². The van der Waals surface area contributed by atoms with Gasteiger partial charge in [-0.3, -0.25) is 28.4 Å². The summed E-state index contributed by atoms with van der Waals surface area (Å²) >= 11 is 0. The van der Waals surface area contributed by atoms with Gasteiger partial charge in [0.1, 0.15) is 0 Å². The summed E-state index contributed by atoms with van der Waals surface area (Å²) in [5, 5.41) is 2.98. The molecule has 0 spiro atoms. The highest BCUT2D eigenvalue weighted by Crippen LogP contribution is 2.13. The fourth-order valence-electron chi connectivity index (χ4n) is 4.28. The van der Waals surface area contributed by atoms with Crippen molar-refractivity contribution in [2.24, 2.45) is 0 Å². The Labute approximate surface area is 198 Å². The van der Waals surface area contributed by atoms with Crippen molar-refractivity contribution in [3.05, 3.63) is 93.0 Å². The molecule has 1 amide bonds. The van der Waals surface area contributed by atoms with Crippen molar-refractivity contribution in [1.82, 2.24) is 24.3 Å². The maximum absolute atomic E-state index is 12.8. The van der Waals surface area contributed by atoms with Gasteiger partial charge in [0, 0.05) is 51.4 Å². The normalized spacial score (nSPS) is 14.9. The van der Waals surface area contributed by atoms with Gasteiger partial charge in [0.2, 0.25) is 0 Å². The minimum Gasteiger partial charge on any atom is -0.351 e. The highest BCUT2D eigenvalue weighted by atomic mass is 16.2. The van der Waals surface area contributed by atoms with Crippen molar-refractivity contribution in [3.63, 3.8) is 0 Å². The van der Waals surface area contributed by atoms with Gasteiger partial charge in [0.15, 0.2) is 0 Å². The van der Waals surface area contributed by atoms with Gasteiger partial charge in [-0.15, -0.1) is 6.58 Å². The molecule has 8 nitrogen and oxygen atoms in total. The van der Waals surface area contributed by atoms with E-state index in [1.807, 2.05) is 36.4 Å². The van der Waals surface area contributed by atoms with E-state index in [0.29, 0.717) is 23.1 Å². The van der Waals surface area contributed by atoms with Crippen LogP contribution in [0.4, 0.5) is 0 Å². The third-order valence-corrected chi connectivity index (χ3v) is 6.31. The fraction of sp³-hybridized carbons (Fsp3) is 0.346. The summed E-state index contributed by atoms with van der Waals surface area (Å²) in [5.74, 6) is -0.115. The van der Waals surface area contributed by atoms with Crippen LogP contribution in [0.15, 0.2) is 70.8 Å². The van der Waals surface area contributed by atoms with Gasteiger partial charge in [0.05, 0.1) is 17.6 Å². The first kappa shape index (κ1) is 23.7. The zero-order chi connectivity index (χ0) is 24.1. The van der Waals surface area contributed by atoms with E-state index in [1.165, 1.54) is 9.13 Å². The van der Waals surface area contributed by atoms with Crippen LogP contribution in [0, 0.1) is 0 Å². The first-order valence-corrected chi connectivity index (χ1v) is 11.6. The summed E-state index contributed by atoms with van der Waals surface area (Å²) in [6.45, 7) is 9.79. The predicted octanol–water partition coefficient (Wildman–Crippen LogP) is 1.37. The Morgan fingerprint density at radius 2 is 1.56 bits per heavy atom. The van der Waals surface area contributed by atoms with Crippen LogP contribution in [0.5, 0.6) is 0 Å². The average molecular weight is 462 g/mol. The first-order chi connectivity index (χ1) is 16.5. The Balaban J connectivity index is 1.45. The van der Waals surface area contributed by atoms with Crippen LogP contribution in [0.1, 0.15) is 15.9 Å². The number of aromatic nitrogens is 2. The molecule has 1 aliphatic rings. The molecule has 3 aromatic rings. The molecule has 0 unspecified atom stereocenters. The SMILES string of the molecule is C=CCn1c(=O)c(=O)n(Cc2ccc(C(=O)NCCN3CCN(C)CC3)cc2)c2ccccc21. The topological polar surface area (TPSA) is 79.6 Å². The molecule has 1 fully saturated rings. The number of hydrogen-bond acceptors (Lipinski definition) is 5. The van der Waals surface area contributed by atoms with Gasteiger partial charge in [0.25, 0.3) is 5.91 Å². The van der Waals surface area contributed by atoms with Crippen molar-refractivity contribution < 1.29 is 4.79 Å². The number of rotatable bonds is 8. The molecule has 1 saturated heterocycles. The van der Waals surface area contributed by atoms with Crippen LogP contribution in [0.3, 0.4) is 0 Å². The van der Waals surface area contributed by atoms with E-state index in [1.54, 1.807) is 18.2 Å². The zero-order valence-electron chi connectivity index (χ0n) is 19.6. The van der Waals surface area contributed by atoms with E-state index in [9.17, 15) is 14.4 Å². The standard InChI is InChI=1S/C26H31N5O3/c1-3-13-30-22-6-4-5-7-23(22)31(26(34)25(30)33)19-20-8-10-21(11-9-20)24(32)27-12-14-29-17-15-28(2)16-18-29/h3-11H,1,12-19H2,2H3,(H,27,32). The van der Waals surface area contributed by atoms with Gasteiger partial charge in [-0.05, 0) is 36.9 Å². The maximum atomic E-state index is 12.8. The Kier molecular flexibility index (Phi) is 7.40. The quantitative estimate of drug-likeness (QED) is 0.405. The monoisotopic (exact) mass is 461 g/mol. The summed E-state index contributed by atoms with van der Waals surface area (Å²) in [5.41, 5.74) is 1.62. The van der Waals surface area contributed by atoms with E-state index in [2.05, 4.69) is 28.7 Å². The minimum atomic E-state index is -0.578. The number of benzene rings is 2. The van der Waals surface area contributed by atoms with Crippen molar-refractivity contribution in [2.45, 2.75) is 13.1 Å². The molecule has 0 aliphatic carbocycles. The van der Waals surface area contributed by atoms with E-state index in [4.69, 9.17) is 0 Å². The van der Waals surface area contributed by atoms with Gasteiger partial charge >= 0.3 is 11.1 Å². The number of hydrogen-bond donors (Lipinski definition) is 1. The Bertz CT molecular complexity index is 1280. The van der Waals surface area contributed by atoms with Crippen LogP contribution in [-0.2, 0) is 13.1 Å². The number of likely N-dealkylation sites (N-methyl/N-ethyl adjacent to an activating group) is 1. The number of nitrogens with one attached hydrogen (secondary N) is 1. The predicted molar refractivity (Wildman–Crippen MR) is 134 cm³/mol. The molecule has 0 saturated carbocycles. The summed E-state index contributed by atoms with van der Waals surface area (Å²) < 4.78 is 2.93. The Morgan fingerprint density at radius 1 is 0.941 bits per heavy atom. The molecule has 178 valence electrons. The molecule has 1 aromatic heterocycles. The number of nitrogens with zero attached hydrogens (tertiary/aromatic N) is 4. The van der Waals surface area contributed by atoms with Crippen molar-refractivity contribution in [2.75, 3.05) is 46.3 Å². The third-order valence-electron chi connectivity index (χ3n) is 6.31. The zero-order valence-corrected chi connectivity index (χ0v) is 19.6. The van der Waals surface area contributed by atoms with E-state index >= 15 is 0 Å². The van der Waals surface area contributed by atoms with E-state index in [0.717, 1.165) is 38.3 Å². The molecule has 4 rings (SSSR count). The van der Waals surface area contributed by atoms with Crippen LogP contribution >= 0.6 is 0 Å². The molecule has 34 heavy (non-hydrogen) atoms. The van der Waals surface area contributed by atoms with Gasteiger partial charge in [-0.25, -0.2) is 0 Å². The summed E-state index contributed by atoms with van der Waals surface area (Å²) in [4.78, 5) is 42.7. The fourth-order valence-corrected chi connectivity index (χ4v) is 4.28. The van der Waals surface area contributed by atoms with Crippen molar-refractivity contribution in [3.8, 4) is 0 Å². The van der Waals surface area contributed by atoms with E-state index in [-0.39, 0.29) is 19.0 Å². The average Bonchev–Trinajstić information content (AvgIpc) is 2.86. The number of para-hydroxylation sites is 2. The lowest BCUT2D eigenvalue weighted by atomic mass is 10.1. The molecule has 1 N–H and O–H groups in total. The number of amides is 1. The number of carbonyl (C=O) groups is 1. The van der Waals surface area contributed by atoms with Gasteiger partial charge in [-0.1, -0.05) is 30.3 Å². The van der Waals surface area contributed by atoms with Gasteiger partial charge < -0.3 is 10.2 Å². The highest BCUT2D eigenvalue weighted by Gasteiger charge is 2.15. The van der Waals surface area contributed by atoms with Crippen LogP contribution in [0.25, 0.3) is 11.0 Å². The molecular weight excluding hydrogens is 430 g/mol. The molecule has 0 bridgehead atoms. The Morgan fingerprint density at radius 3 is 2.21 bits per heavy atom. The lowest BCUT2D eigenvalue weighted by Gasteiger charge is -2.32. The smallest absolute Gasteiger partial charge is 0.317 e. The second kappa shape index (κ2) is 10.6. The molecule has 0 atom stereocenters. The Hall–Kier alpha value is -3.49. The highest BCUT2D eigenvalue weighted by molar-refractivity contribution is 5.94. The number of carbonyl (C=O) groups excluding carboxylic acids is 1. The van der Waals surface area contributed by atoms with Crippen molar-refractivity contribution >= 4 is 16.9 Å². The molecule has 8 heteroatoms. The number of fused-ring (bicyclic) bond motifs is 1. The summed E-state index contributed by atoms with van der Waals surface area (Å²) in [6.07, 6.45) is 1.60. The van der Waals surface area contributed by atoms with Crippen LogP contribution in [0.2, 0.25) is 0 Å². The second-order valence-corrected chi connectivity index (χ2v) is 8.68. The van der Waals surface area contributed by atoms with Crippen molar-refractivity contribution in [1.29, 1.82) is 0 Å². The molecule has 2 heterocycles. The summed E-state index contributed by atoms with van der Waals surface area (Å²) in [6, 6.07) is 14.5. The summed E-state index contributed by atoms with van der Waals surface area (Å²) in [7, 11) is 2.12. The molecule has 2 aromatic carbocycles. The second-order valence-electron chi connectivity index (χ2n) is 8.68. The largest absolute Gasteiger partial charge is 0.351 e. The van der Waals surface area contributed by atoms with E-state index < -0.39 is 11.1 Å². The lowest BCUT2D eigenvalue weighted by molar-refractivity contribution is 0.0941. The molecule has 1 aliphatic heterocycles. The number of allylic oxidation sites excluding steroid dienone is 1. The maximum Gasteiger partial charge on any atom is 0.317 e. The third kappa shape index (κ3) is 5.18. The molecule has 0 radical (unpaired) electrons. The molecular formula is C26H31N5O3. The first-order valence-electron chi connectivity index (χ1n) is 11.6. The number of piperazine rings is 1. The lowest BCUT2D eigenvalue weighted by Crippen LogP contribution is -2.46.